The molecule has 0 radical (unpaired) electrons. The summed E-state index contributed by atoms with van der Waals surface area (Å²) in [6.07, 6.45) is 1.79. The minimum atomic E-state index is -0.997. The molecule has 1 amide bonds. The molecule has 0 unspecified atom stereocenters. The summed E-state index contributed by atoms with van der Waals surface area (Å²) in [4.78, 5) is 24.3. The van der Waals surface area contributed by atoms with E-state index in [-0.39, 0.29) is 30.9 Å². The lowest BCUT2D eigenvalue weighted by atomic mass is 10.0. The van der Waals surface area contributed by atoms with E-state index in [1.807, 2.05) is 30.3 Å². The van der Waals surface area contributed by atoms with Crippen LogP contribution in [0.25, 0.3) is 0 Å². The molecule has 1 saturated carbocycles. The van der Waals surface area contributed by atoms with Crippen molar-refractivity contribution in [2.24, 2.45) is 0 Å². The summed E-state index contributed by atoms with van der Waals surface area (Å²) in [6.45, 7) is 0. The van der Waals surface area contributed by atoms with Crippen LogP contribution in [0, 0.1) is 0 Å². The van der Waals surface area contributed by atoms with Gasteiger partial charge in [0.25, 0.3) is 0 Å². The zero-order chi connectivity index (χ0) is 17.5. The standard InChI is InChI=1S/C18H25NO5/c1-19(16(20)11-12-17(21)22)14-9-5-6-10-15(18(14)23)24-13-7-3-2-4-8-13/h2-4,7-8,14-15,18,23H,5-6,9-12H2,1H3,(H,21,22)/t14-,15-,18-/m1/s1. The van der Waals surface area contributed by atoms with E-state index in [0.717, 1.165) is 19.3 Å². The number of carboxylic acids is 1. The van der Waals surface area contributed by atoms with Gasteiger partial charge >= 0.3 is 5.97 Å². The second-order valence-corrected chi connectivity index (χ2v) is 6.21. The molecule has 1 fully saturated rings. The lowest BCUT2D eigenvalue weighted by Crippen LogP contribution is -2.50. The van der Waals surface area contributed by atoms with Gasteiger partial charge in [-0.25, -0.2) is 0 Å². The number of aliphatic carboxylic acids is 1. The smallest absolute Gasteiger partial charge is 0.303 e. The van der Waals surface area contributed by atoms with Crippen molar-refractivity contribution in [3.8, 4) is 5.75 Å². The van der Waals surface area contributed by atoms with Crippen LogP contribution < -0.4 is 4.74 Å². The SMILES string of the molecule is CN(C(=O)CCC(=O)O)[C@@H]1CCCC[C@@H](Oc2ccccc2)[C@@H]1O. The van der Waals surface area contributed by atoms with Crippen LogP contribution in [0.1, 0.15) is 38.5 Å². The quantitative estimate of drug-likeness (QED) is 0.777. The second-order valence-electron chi connectivity index (χ2n) is 6.21. The van der Waals surface area contributed by atoms with E-state index in [2.05, 4.69) is 0 Å². The zero-order valence-corrected chi connectivity index (χ0v) is 13.9. The van der Waals surface area contributed by atoms with E-state index in [4.69, 9.17) is 9.84 Å². The Bertz CT molecular complexity index is 548. The number of amides is 1. The van der Waals surface area contributed by atoms with Crippen molar-refractivity contribution in [2.45, 2.75) is 56.8 Å². The summed E-state index contributed by atoms with van der Waals surface area (Å²) in [6, 6.07) is 8.97. The third-order valence-corrected chi connectivity index (χ3v) is 4.49. The first-order valence-corrected chi connectivity index (χ1v) is 8.36. The Morgan fingerprint density at radius 2 is 1.83 bits per heavy atom. The summed E-state index contributed by atoms with van der Waals surface area (Å²) in [5.74, 6) is -0.563. The molecule has 0 spiro atoms. The van der Waals surface area contributed by atoms with Gasteiger partial charge in [0, 0.05) is 13.5 Å². The molecular formula is C18H25NO5. The maximum Gasteiger partial charge on any atom is 0.303 e. The Kier molecular flexibility index (Phi) is 6.61. The molecule has 3 atom stereocenters. The molecule has 2 N–H and O–H groups in total. The maximum absolute atomic E-state index is 12.2. The maximum atomic E-state index is 12.2. The molecule has 2 rings (SSSR count). The predicted molar refractivity (Wildman–Crippen MR) is 88.8 cm³/mol. The van der Waals surface area contributed by atoms with E-state index < -0.39 is 12.1 Å². The number of benzene rings is 1. The molecule has 6 heteroatoms. The van der Waals surface area contributed by atoms with Gasteiger partial charge in [0.05, 0.1) is 12.5 Å². The number of hydrogen-bond acceptors (Lipinski definition) is 4. The van der Waals surface area contributed by atoms with Crippen molar-refractivity contribution in [3.63, 3.8) is 0 Å². The molecule has 0 bridgehead atoms. The van der Waals surface area contributed by atoms with Gasteiger partial charge in [0.15, 0.2) is 0 Å². The van der Waals surface area contributed by atoms with Gasteiger partial charge in [-0.2, -0.15) is 0 Å². The summed E-state index contributed by atoms with van der Waals surface area (Å²) >= 11 is 0. The van der Waals surface area contributed by atoms with Crippen LogP contribution in [0.4, 0.5) is 0 Å². The first-order valence-electron chi connectivity index (χ1n) is 8.36. The first kappa shape index (κ1) is 18.3. The van der Waals surface area contributed by atoms with Gasteiger partial charge in [-0.15, -0.1) is 0 Å². The number of rotatable bonds is 6. The number of hydrogen-bond donors (Lipinski definition) is 2. The molecule has 1 aromatic carbocycles. The van der Waals surface area contributed by atoms with Crippen LogP contribution in [0.3, 0.4) is 0 Å². The monoisotopic (exact) mass is 335 g/mol. The fourth-order valence-corrected chi connectivity index (χ4v) is 3.09. The highest BCUT2D eigenvalue weighted by molar-refractivity contribution is 5.80. The minimum Gasteiger partial charge on any atom is -0.488 e. The lowest BCUT2D eigenvalue weighted by Gasteiger charge is -2.34. The Hall–Kier alpha value is -2.08. The molecule has 1 aromatic rings. The Morgan fingerprint density at radius 3 is 2.50 bits per heavy atom. The molecule has 0 saturated heterocycles. The second kappa shape index (κ2) is 8.68. The molecule has 1 aliphatic rings. The van der Waals surface area contributed by atoms with Crippen LogP contribution in [0.2, 0.25) is 0 Å². The molecule has 132 valence electrons. The first-order chi connectivity index (χ1) is 11.5. The van der Waals surface area contributed by atoms with Crippen molar-refractivity contribution in [3.05, 3.63) is 30.3 Å². The van der Waals surface area contributed by atoms with Crippen molar-refractivity contribution < 1.29 is 24.5 Å². The van der Waals surface area contributed by atoms with E-state index in [9.17, 15) is 14.7 Å². The Labute approximate surface area is 142 Å². The van der Waals surface area contributed by atoms with Crippen LogP contribution >= 0.6 is 0 Å². The van der Waals surface area contributed by atoms with Gasteiger partial charge < -0.3 is 19.8 Å². The van der Waals surface area contributed by atoms with E-state index in [1.165, 1.54) is 4.90 Å². The number of ether oxygens (including phenoxy) is 1. The highest BCUT2D eigenvalue weighted by Gasteiger charge is 2.35. The van der Waals surface area contributed by atoms with Gasteiger partial charge in [0.2, 0.25) is 5.91 Å². The summed E-state index contributed by atoms with van der Waals surface area (Å²) in [5.41, 5.74) is 0. The molecule has 6 nitrogen and oxygen atoms in total. The van der Waals surface area contributed by atoms with Crippen LogP contribution in [0.15, 0.2) is 30.3 Å². The number of carbonyl (C=O) groups is 2. The number of carboxylic acid groups (broad SMARTS) is 1. The van der Waals surface area contributed by atoms with Crippen LogP contribution in [-0.2, 0) is 9.59 Å². The summed E-state index contributed by atoms with van der Waals surface area (Å²) < 4.78 is 5.92. The van der Waals surface area contributed by atoms with E-state index in [1.54, 1.807) is 7.05 Å². The third-order valence-electron chi connectivity index (χ3n) is 4.49. The lowest BCUT2D eigenvalue weighted by molar-refractivity contribution is -0.142. The van der Waals surface area contributed by atoms with Crippen molar-refractivity contribution in [1.82, 2.24) is 4.90 Å². The van der Waals surface area contributed by atoms with Crippen molar-refractivity contribution in [1.29, 1.82) is 0 Å². The molecule has 24 heavy (non-hydrogen) atoms. The van der Waals surface area contributed by atoms with Crippen LogP contribution in [-0.4, -0.2) is 52.3 Å². The fraction of sp³-hybridized carbons (Fsp3) is 0.556. The number of para-hydroxylation sites is 1. The normalized spacial score (nSPS) is 24.0. The van der Waals surface area contributed by atoms with Gasteiger partial charge in [0.1, 0.15) is 18.0 Å². The largest absolute Gasteiger partial charge is 0.488 e. The molecular weight excluding hydrogens is 310 g/mol. The third kappa shape index (κ3) is 4.96. The van der Waals surface area contributed by atoms with Gasteiger partial charge in [-0.05, 0) is 31.4 Å². The highest BCUT2D eigenvalue weighted by atomic mass is 16.5. The van der Waals surface area contributed by atoms with Gasteiger partial charge in [-0.1, -0.05) is 24.6 Å². The number of nitrogens with zero attached hydrogens (tertiary/aromatic N) is 1. The molecule has 0 aromatic heterocycles. The van der Waals surface area contributed by atoms with Crippen molar-refractivity contribution >= 4 is 11.9 Å². The number of aliphatic hydroxyl groups excluding tert-OH is 1. The highest BCUT2D eigenvalue weighted by Crippen LogP contribution is 2.26. The van der Waals surface area contributed by atoms with Gasteiger partial charge in [-0.3, -0.25) is 9.59 Å². The molecule has 1 aliphatic carbocycles. The average molecular weight is 335 g/mol. The summed E-state index contributed by atoms with van der Waals surface area (Å²) in [5, 5.41) is 19.4. The van der Waals surface area contributed by atoms with E-state index >= 15 is 0 Å². The number of aliphatic hydroxyl groups is 1. The molecule has 0 heterocycles. The Morgan fingerprint density at radius 1 is 1.17 bits per heavy atom. The average Bonchev–Trinajstić information content (AvgIpc) is 2.75. The van der Waals surface area contributed by atoms with E-state index in [0.29, 0.717) is 12.2 Å². The number of carbonyl (C=O) groups excluding carboxylic acids is 1. The minimum absolute atomic E-state index is 0.0563. The topological polar surface area (TPSA) is 87.1 Å². The molecule has 0 aliphatic heterocycles. The predicted octanol–water partition coefficient (Wildman–Crippen LogP) is 2.06. The summed E-state index contributed by atoms with van der Waals surface area (Å²) in [7, 11) is 1.63. The Balaban J connectivity index is 2.03. The van der Waals surface area contributed by atoms with Crippen LogP contribution in [0.5, 0.6) is 5.75 Å². The number of likely N-dealkylation sites (N-methyl/N-ethyl adjacent to an activating group) is 1. The fourth-order valence-electron chi connectivity index (χ4n) is 3.09. The van der Waals surface area contributed by atoms with Crippen molar-refractivity contribution in [2.75, 3.05) is 7.05 Å². The zero-order valence-electron chi connectivity index (χ0n) is 13.9.